The lowest BCUT2D eigenvalue weighted by molar-refractivity contribution is 0.0944. The minimum Gasteiger partial charge on any atom is -0.345 e. The van der Waals surface area contributed by atoms with Gasteiger partial charge in [0.2, 0.25) is 0 Å². The molecule has 1 aliphatic rings. The van der Waals surface area contributed by atoms with E-state index in [1.165, 1.54) is 29.6 Å². The monoisotopic (exact) mass is 352 g/mol. The topological polar surface area (TPSA) is 59.8 Å². The number of nitrogens with one attached hydrogen (secondary N) is 1. The van der Waals surface area contributed by atoms with Gasteiger partial charge < -0.3 is 5.32 Å². The van der Waals surface area contributed by atoms with E-state index >= 15 is 0 Å². The van der Waals surface area contributed by atoms with E-state index < -0.39 is 0 Å². The predicted molar refractivity (Wildman–Crippen MR) is 98.2 cm³/mol. The SMILES string of the molecule is C[C@H](NC(=O)c1cc2c(s1)CCCC2)c1ccc(-n2cncn2)cc1. The van der Waals surface area contributed by atoms with E-state index in [1.54, 1.807) is 22.3 Å². The Morgan fingerprint density at radius 3 is 2.76 bits per heavy atom. The van der Waals surface area contributed by atoms with Gasteiger partial charge in [0.25, 0.3) is 5.91 Å². The third kappa shape index (κ3) is 3.35. The summed E-state index contributed by atoms with van der Waals surface area (Å²) in [5.74, 6) is 0.0206. The summed E-state index contributed by atoms with van der Waals surface area (Å²) >= 11 is 1.65. The summed E-state index contributed by atoms with van der Waals surface area (Å²) in [5.41, 5.74) is 3.38. The summed E-state index contributed by atoms with van der Waals surface area (Å²) in [6.45, 7) is 2.01. The number of thiophene rings is 1. The molecule has 5 nitrogen and oxygen atoms in total. The number of aryl methyl sites for hydroxylation is 2. The zero-order valence-corrected chi connectivity index (χ0v) is 14.9. The Kier molecular flexibility index (Phi) is 4.36. The first kappa shape index (κ1) is 16.0. The van der Waals surface area contributed by atoms with Crippen molar-refractivity contribution in [1.82, 2.24) is 20.1 Å². The van der Waals surface area contributed by atoms with Gasteiger partial charge in [-0.2, -0.15) is 5.10 Å². The zero-order chi connectivity index (χ0) is 17.2. The van der Waals surface area contributed by atoms with Crippen molar-refractivity contribution >= 4 is 17.2 Å². The normalized spacial score (nSPS) is 14.8. The fraction of sp³-hybridized carbons (Fsp3) is 0.316. The van der Waals surface area contributed by atoms with Crippen LogP contribution in [-0.4, -0.2) is 20.7 Å². The van der Waals surface area contributed by atoms with Crippen LogP contribution in [0.2, 0.25) is 0 Å². The summed E-state index contributed by atoms with van der Waals surface area (Å²) in [4.78, 5) is 18.8. The molecule has 1 N–H and O–H groups in total. The van der Waals surface area contributed by atoms with Crippen LogP contribution in [0.5, 0.6) is 0 Å². The molecule has 2 aromatic heterocycles. The number of carbonyl (C=O) groups is 1. The van der Waals surface area contributed by atoms with Crippen molar-refractivity contribution in [2.24, 2.45) is 0 Å². The molecule has 1 amide bonds. The Morgan fingerprint density at radius 2 is 2.04 bits per heavy atom. The van der Waals surface area contributed by atoms with Gasteiger partial charge in [0.15, 0.2) is 0 Å². The number of hydrogen-bond donors (Lipinski definition) is 1. The largest absolute Gasteiger partial charge is 0.345 e. The Morgan fingerprint density at radius 1 is 1.24 bits per heavy atom. The van der Waals surface area contributed by atoms with Crippen molar-refractivity contribution in [1.29, 1.82) is 0 Å². The second kappa shape index (κ2) is 6.80. The number of hydrogen-bond acceptors (Lipinski definition) is 4. The van der Waals surface area contributed by atoms with Crippen molar-refractivity contribution in [2.45, 2.75) is 38.6 Å². The van der Waals surface area contributed by atoms with Crippen LogP contribution < -0.4 is 5.32 Å². The third-order valence-electron chi connectivity index (χ3n) is 4.64. The maximum absolute atomic E-state index is 12.6. The zero-order valence-electron chi connectivity index (χ0n) is 14.1. The van der Waals surface area contributed by atoms with Crippen LogP contribution in [0, 0.1) is 0 Å². The van der Waals surface area contributed by atoms with Crippen molar-refractivity contribution in [3.63, 3.8) is 0 Å². The molecule has 0 unspecified atom stereocenters. The van der Waals surface area contributed by atoms with Crippen LogP contribution in [0.25, 0.3) is 5.69 Å². The third-order valence-corrected chi connectivity index (χ3v) is 5.88. The van der Waals surface area contributed by atoms with Crippen LogP contribution in [0.3, 0.4) is 0 Å². The maximum atomic E-state index is 12.6. The van der Waals surface area contributed by atoms with Gasteiger partial charge in [-0.25, -0.2) is 9.67 Å². The summed E-state index contributed by atoms with van der Waals surface area (Å²) in [5, 5.41) is 7.23. The predicted octanol–water partition coefficient (Wildman–Crippen LogP) is 3.70. The molecule has 128 valence electrons. The highest BCUT2D eigenvalue weighted by Crippen LogP contribution is 2.30. The number of benzene rings is 1. The number of carbonyl (C=O) groups excluding carboxylic acids is 1. The molecule has 2 heterocycles. The number of amides is 1. The molecular formula is C19H20N4OS. The number of rotatable bonds is 4. The lowest BCUT2D eigenvalue weighted by Crippen LogP contribution is -2.25. The van der Waals surface area contributed by atoms with E-state index in [4.69, 9.17) is 0 Å². The molecule has 3 aromatic rings. The summed E-state index contributed by atoms with van der Waals surface area (Å²) in [7, 11) is 0. The highest BCUT2D eigenvalue weighted by Gasteiger charge is 2.18. The molecule has 6 heteroatoms. The Hall–Kier alpha value is -2.47. The second-order valence-electron chi connectivity index (χ2n) is 6.39. The average Bonchev–Trinajstić information content (AvgIpc) is 3.31. The molecule has 0 aliphatic heterocycles. The van der Waals surface area contributed by atoms with E-state index in [0.29, 0.717) is 0 Å². The molecule has 0 saturated heterocycles. The molecule has 1 aromatic carbocycles. The van der Waals surface area contributed by atoms with Gasteiger partial charge in [0.05, 0.1) is 16.6 Å². The van der Waals surface area contributed by atoms with Gasteiger partial charge in [-0.3, -0.25) is 4.79 Å². The molecule has 0 spiro atoms. The van der Waals surface area contributed by atoms with Crippen LogP contribution in [0.15, 0.2) is 43.0 Å². The smallest absolute Gasteiger partial charge is 0.261 e. The van der Waals surface area contributed by atoms with Crippen LogP contribution in [-0.2, 0) is 12.8 Å². The number of aromatic nitrogens is 3. The number of fused-ring (bicyclic) bond motifs is 1. The van der Waals surface area contributed by atoms with E-state index in [2.05, 4.69) is 21.5 Å². The Balaban J connectivity index is 1.45. The standard InChI is InChI=1S/C19H20N4OS/c1-13(14-6-8-16(9-7-14)23-12-20-11-21-23)22-19(24)18-10-15-4-2-3-5-17(15)25-18/h6-13H,2-5H2,1H3,(H,22,24)/t13-/m0/s1. The fourth-order valence-corrected chi connectivity index (χ4v) is 4.37. The molecule has 0 bridgehead atoms. The molecule has 4 rings (SSSR count). The van der Waals surface area contributed by atoms with Crippen molar-refractivity contribution in [2.75, 3.05) is 0 Å². The highest BCUT2D eigenvalue weighted by atomic mass is 32.1. The van der Waals surface area contributed by atoms with Crippen molar-refractivity contribution < 1.29 is 4.79 Å². The molecule has 1 aliphatic carbocycles. The van der Waals surface area contributed by atoms with Gasteiger partial charge in [0, 0.05) is 4.88 Å². The van der Waals surface area contributed by atoms with Gasteiger partial charge in [0.1, 0.15) is 12.7 Å². The van der Waals surface area contributed by atoms with E-state index in [-0.39, 0.29) is 11.9 Å². The van der Waals surface area contributed by atoms with E-state index in [0.717, 1.165) is 29.0 Å². The van der Waals surface area contributed by atoms with Crippen molar-refractivity contribution in [3.05, 3.63) is 63.9 Å². The van der Waals surface area contributed by atoms with Crippen LogP contribution in [0.1, 0.15) is 51.5 Å². The van der Waals surface area contributed by atoms with Gasteiger partial charge >= 0.3 is 0 Å². The minimum absolute atomic E-state index is 0.0206. The summed E-state index contributed by atoms with van der Waals surface area (Å²) in [6.07, 6.45) is 7.88. The fourth-order valence-electron chi connectivity index (χ4n) is 3.21. The molecule has 0 fully saturated rings. The van der Waals surface area contributed by atoms with Crippen LogP contribution in [0.4, 0.5) is 0 Å². The first-order valence-electron chi connectivity index (χ1n) is 8.58. The average molecular weight is 352 g/mol. The highest BCUT2D eigenvalue weighted by molar-refractivity contribution is 7.14. The minimum atomic E-state index is -0.0450. The molecule has 0 radical (unpaired) electrons. The van der Waals surface area contributed by atoms with Gasteiger partial charge in [-0.1, -0.05) is 12.1 Å². The maximum Gasteiger partial charge on any atom is 0.261 e. The molecule has 25 heavy (non-hydrogen) atoms. The molecule has 1 atom stereocenters. The molecule has 0 saturated carbocycles. The first-order chi connectivity index (χ1) is 12.2. The second-order valence-corrected chi connectivity index (χ2v) is 7.53. The van der Waals surface area contributed by atoms with Gasteiger partial charge in [-0.05, 0) is 61.9 Å². The van der Waals surface area contributed by atoms with Gasteiger partial charge in [-0.15, -0.1) is 11.3 Å². The Bertz CT molecular complexity index is 844. The Labute approximate surface area is 150 Å². The summed E-state index contributed by atoms with van der Waals surface area (Å²) in [6, 6.07) is 10.0. The lowest BCUT2D eigenvalue weighted by Gasteiger charge is -2.14. The molecular weight excluding hydrogens is 332 g/mol. The van der Waals surface area contributed by atoms with Crippen molar-refractivity contribution in [3.8, 4) is 5.69 Å². The van der Waals surface area contributed by atoms with Crippen LogP contribution >= 0.6 is 11.3 Å². The quantitative estimate of drug-likeness (QED) is 0.779. The summed E-state index contributed by atoms with van der Waals surface area (Å²) < 4.78 is 1.71. The number of nitrogens with zero attached hydrogens (tertiary/aromatic N) is 3. The first-order valence-corrected chi connectivity index (χ1v) is 9.40. The van der Waals surface area contributed by atoms with E-state index in [1.807, 2.05) is 31.2 Å². The van der Waals surface area contributed by atoms with E-state index in [9.17, 15) is 4.79 Å². The lowest BCUT2D eigenvalue weighted by atomic mass is 9.99.